The molecule has 0 aromatic heterocycles. The first-order valence-electron chi connectivity index (χ1n) is 9.01. The highest BCUT2D eigenvalue weighted by Crippen LogP contribution is 2.32. The van der Waals surface area contributed by atoms with E-state index in [0.29, 0.717) is 18.8 Å². The van der Waals surface area contributed by atoms with Gasteiger partial charge in [0.25, 0.3) is 0 Å². The molecule has 0 radical (unpaired) electrons. The van der Waals surface area contributed by atoms with Crippen LogP contribution in [0.25, 0.3) is 0 Å². The summed E-state index contributed by atoms with van der Waals surface area (Å²) in [6, 6.07) is 4.63. The molecule has 3 rings (SSSR count). The minimum atomic E-state index is -3.74. The van der Waals surface area contributed by atoms with Gasteiger partial charge in [0.15, 0.2) is 0 Å². The second-order valence-electron chi connectivity index (χ2n) is 6.86. The Hall–Kier alpha value is -1.64. The van der Waals surface area contributed by atoms with Crippen LogP contribution in [0.3, 0.4) is 0 Å². The largest absolute Gasteiger partial charge is 0.495 e. The monoisotopic (exact) mass is 382 g/mol. The number of methoxy groups -OCH3 is 1. The summed E-state index contributed by atoms with van der Waals surface area (Å²) in [6.45, 7) is 2.19. The van der Waals surface area contributed by atoms with E-state index in [-0.39, 0.29) is 28.8 Å². The zero-order valence-electron chi connectivity index (χ0n) is 15.2. The molecule has 1 aromatic carbocycles. The fourth-order valence-corrected chi connectivity index (χ4v) is 5.00. The van der Waals surface area contributed by atoms with Gasteiger partial charge in [-0.2, -0.15) is 4.31 Å². The molecule has 1 N–H and O–H groups in total. The van der Waals surface area contributed by atoms with Gasteiger partial charge >= 0.3 is 0 Å². The van der Waals surface area contributed by atoms with Gasteiger partial charge in [-0.05, 0) is 50.3 Å². The molecule has 7 nitrogen and oxygen atoms in total. The first-order valence-corrected chi connectivity index (χ1v) is 10.5. The smallest absolute Gasteiger partial charge is 0.246 e. The minimum absolute atomic E-state index is 0.0617. The summed E-state index contributed by atoms with van der Waals surface area (Å²) in [5.74, 6) is 0.00610. The highest BCUT2D eigenvalue weighted by molar-refractivity contribution is 7.89. The number of carbonyl (C=O) groups excluding carboxylic acids is 1. The fraction of sp³-hybridized carbons (Fsp3) is 0.611. The summed E-state index contributed by atoms with van der Waals surface area (Å²) >= 11 is 0. The molecule has 1 heterocycles. The molecular formula is C18H26N2O5S. The molecule has 0 bridgehead atoms. The first kappa shape index (κ1) is 19.1. The molecule has 1 aromatic rings. The van der Waals surface area contributed by atoms with Crippen molar-refractivity contribution in [3.63, 3.8) is 0 Å². The topological polar surface area (TPSA) is 84.9 Å². The van der Waals surface area contributed by atoms with Gasteiger partial charge in [-0.1, -0.05) is 0 Å². The van der Waals surface area contributed by atoms with Crippen LogP contribution in [0.15, 0.2) is 23.1 Å². The van der Waals surface area contributed by atoms with E-state index in [1.54, 1.807) is 12.1 Å². The lowest BCUT2D eigenvalue weighted by Crippen LogP contribution is -2.45. The van der Waals surface area contributed by atoms with Crippen LogP contribution in [0.5, 0.6) is 5.75 Å². The quantitative estimate of drug-likeness (QED) is 0.816. The molecule has 1 aliphatic carbocycles. The Kier molecular flexibility index (Phi) is 5.84. The van der Waals surface area contributed by atoms with E-state index < -0.39 is 10.0 Å². The van der Waals surface area contributed by atoms with Crippen LogP contribution in [-0.4, -0.2) is 51.0 Å². The second-order valence-corrected chi connectivity index (χ2v) is 8.77. The summed E-state index contributed by atoms with van der Waals surface area (Å²) in [4.78, 5) is 11.4. The number of sulfonamides is 1. The molecule has 2 aliphatic rings. The molecular weight excluding hydrogens is 356 g/mol. The van der Waals surface area contributed by atoms with Crippen LogP contribution < -0.4 is 10.1 Å². The molecule has 144 valence electrons. The van der Waals surface area contributed by atoms with Crippen molar-refractivity contribution in [2.75, 3.05) is 25.5 Å². The van der Waals surface area contributed by atoms with Crippen molar-refractivity contribution >= 4 is 21.6 Å². The molecule has 1 amide bonds. The zero-order chi connectivity index (χ0) is 18.7. The average molecular weight is 382 g/mol. The number of anilines is 1. The maximum Gasteiger partial charge on any atom is 0.246 e. The zero-order valence-corrected chi connectivity index (χ0v) is 16.0. The van der Waals surface area contributed by atoms with Crippen molar-refractivity contribution in [2.24, 2.45) is 0 Å². The minimum Gasteiger partial charge on any atom is -0.495 e. The van der Waals surface area contributed by atoms with Gasteiger partial charge in [0.1, 0.15) is 10.6 Å². The molecule has 1 saturated carbocycles. The third-order valence-electron chi connectivity index (χ3n) is 4.88. The molecule has 2 fully saturated rings. The van der Waals surface area contributed by atoms with E-state index in [1.807, 2.05) is 0 Å². The normalized spacial score (nSPS) is 21.8. The van der Waals surface area contributed by atoms with Crippen LogP contribution >= 0.6 is 0 Å². The van der Waals surface area contributed by atoms with Crippen molar-refractivity contribution in [3.8, 4) is 5.75 Å². The van der Waals surface area contributed by atoms with Crippen LogP contribution in [0.2, 0.25) is 0 Å². The van der Waals surface area contributed by atoms with Crippen molar-refractivity contribution < 1.29 is 22.7 Å². The van der Waals surface area contributed by atoms with Gasteiger partial charge in [-0.3, -0.25) is 4.79 Å². The molecule has 0 spiro atoms. The molecule has 8 heteroatoms. The van der Waals surface area contributed by atoms with Gasteiger partial charge in [-0.25, -0.2) is 8.42 Å². The summed E-state index contributed by atoms with van der Waals surface area (Å²) in [7, 11) is -2.31. The van der Waals surface area contributed by atoms with Crippen LogP contribution in [-0.2, 0) is 19.6 Å². The molecule has 1 saturated heterocycles. The van der Waals surface area contributed by atoms with Gasteiger partial charge in [0.05, 0.1) is 19.3 Å². The lowest BCUT2D eigenvalue weighted by Gasteiger charge is -2.36. The highest BCUT2D eigenvalue weighted by Gasteiger charge is 2.34. The van der Waals surface area contributed by atoms with Crippen molar-refractivity contribution in [1.29, 1.82) is 0 Å². The van der Waals surface area contributed by atoms with Gasteiger partial charge in [0, 0.05) is 25.7 Å². The van der Waals surface area contributed by atoms with Gasteiger partial charge in [0.2, 0.25) is 15.9 Å². The predicted molar refractivity (Wildman–Crippen MR) is 97.8 cm³/mol. The SMILES string of the molecule is COc1ccc(NC(C)=O)cc1S(=O)(=O)N1CCCC(OC2CCC2)C1. The third-order valence-corrected chi connectivity index (χ3v) is 6.77. The average Bonchev–Trinajstić information content (AvgIpc) is 2.58. The number of carbonyl (C=O) groups is 1. The Morgan fingerprint density at radius 3 is 2.54 bits per heavy atom. The molecule has 1 aliphatic heterocycles. The summed E-state index contributed by atoms with van der Waals surface area (Å²) in [5, 5.41) is 2.62. The summed E-state index contributed by atoms with van der Waals surface area (Å²) in [6.07, 6.45) is 5.18. The third kappa shape index (κ3) is 4.19. The Labute approximate surface area is 154 Å². The Bertz CT molecular complexity index is 761. The van der Waals surface area contributed by atoms with E-state index in [4.69, 9.17) is 9.47 Å². The Morgan fingerprint density at radius 2 is 1.92 bits per heavy atom. The van der Waals surface area contributed by atoms with E-state index in [1.165, 1.54) is 30.8 Å². The van der Waals surface area contributed by atoms with Crippen LogP contribution in [0.4, 0.5) is 5.69 Å². The Morgan fingerprint density at radius 1 is 1.19 bits per heavy atom. The van der Waals surface area contributed by atoms with Gasteiger partial charge < -0.3 is 14.8 Å². The standard InChI is InChI=1S/C18H26N2O5S/c1-13(21)19-14-8-9-17(24-2)18(11-14)26(22,23)20-10-4-7-16(12-20)25-15-5-3-6-15/h8-9,11,15-16H,3-7,10,12H2,1-2H3,(H,19,21). The van der Waals surface area contributed by atoms with Crippen LogP contribution in [0.1, 0.15) is 39.0 Å². The van der Waals surface area contributed by atoms with E-state index in [0.717, 1.165) is 25.7 Å². The first-order chi connectivity index (χ1) is 12.4. The maximum absolute atomic E-state index is 13.2. The van der Waals surface area contributed by atoms with E-state index >= 15 is 0 Å². The number of nitrogens with one attached hydrogen (secondary N) is 1. The lowest BCUT2D eigenvalue weighted by atomic mass is 9.95. The molecule has 1 unspecified atom stereocenters. The number of hydrogen-bond donors (Lipinski definition) is 1. The number of hydrogen-bond acceptors (Lipinski definition) is 5. The number of nitrogens with zero attached hydrogens (tertiary/aromatic N) is 1. The summed E-state index contributed by atoms with van der Waals surface area (Å²) < 4.78 is 39.1. The number of benzene rings is 1. The number of rotatable bonds is 6. The van der Waals surface area contributed by atoms with Crippen molar-refractivity contribution in [2.45, 2.75) is 56.1 Å². The lowest BCUT2D eigenvalue weighted by molar-refractivity contribution is -0.114. The fourth-order valence-electron chi connectivity index (χ4n) is 3.31. The second kappa shape index (κ2) is 7.94. The molecule has 26 heavy (non-hydrogen) atoms. The highest BCUT2D eigenvalue weighted by atomic mass is 32.2. The van der Waals surface area contributed by atoms with Crippen molar-refractivity contribution in [3.05, 3.63) is 18.2 Å². The molecule has 1 atom stereocenters. The van der Waals surface area contributed by atoms with Crippen molar-refractivity contribution in [1.82, 2.24) is 4.31 Å². The van der Waals surface area contributed by atoms with E-state index in [2.05, 4.69) is 5.32 Å². The van der Waals surface area contributed by atoms with Gasteiger partial charge in [-0.15, -0.1) is 0 Å². The Balaban J connectivity index is 1.82. The maximum atomic E-state index is 13.2. The van der Waals surface area contributed by atoms with E-state index in [9.17, 15) is 13.2 Å². The van der Waals surface area contributed by atoms with Crippen LogP contribution in [0, 0.1) is 0 Å². The summed E-state index contributed by atoms with van der Waals surface area (Å²) in [5.41, 5.74) is 0.427. The predicted octanol–water partition coefficient (Wildman–Crippen LogP) is 2.38. The number of amides is 1. The number of piperidine rings is 1. The number of ether oxygens (including phenoxy) is 2.